The van der Waals surface area contributed by atoms with Gasteiger partial charge < -0.3 is 11.1 Å². The Morgan fingerprint density at radius 1 is 1.38 bits per heavy atom. The van der Waals surface area contributed by atoms with Gasteiger partial charge in [-0.05, 0) is 37.1 Å². The van der Waals surface area contributed by atoms with Crippen molar-refractivity contribution in [1.82, 2.24) is 20.0 Å². The highest BCUT2D eigenvalue weighted by atomic mass is 16.2. The second-order valence-corrected chi connectivity index (χ2v) is 6.88. The summed E-state index contributed by atoms with van der Waals surface area (Å²) in [6.45, 7) is 5.61. The van der Waals surface area contributed by atoms with Crippen LogP contribution in [0, 0.1) is 5.41 Å². The molecule has 0 aliphatic carbocycles. The van der Waals surface area contributed by atoms with Gasteiger partial charge >= 0.3 is 0 Å². The van der Waals surface area contributed by atoms with E-state index in [0.717, 1.165) is 30.8 Å². The van der Waals surface area contributed by atoms with Crippen LogP contribution in [-0.2, 0) is 11.3 Å². The van der Waals surface area contributed by atoms with Crippen molar-refractivity contribution in [2.45, 2.75) is 19.9 Å². The Morgan fingerprint density at radius 2 is 2.17 bits per heavy atom. The molecule has 3 rings (SSSR count). The van der Waals surface area contributed by atoms with Gasteiger partial charge in [0, 0.05) is 24.8 Å². The van der Waals surface area contributed by atoms with E-state index in [-0.39, 0.29) is 11.3 Å². The summed E-state index contributed by atoms with van der Waals surface area (Å²) in [7, 11) is 0. The van der Waals surface area contributed by atoms with Crippen molar-refractivity contribution < 1.29 is 4.79 Å². The Kier molecular flexibility index (Phi) is 4.97. The standard InChI is InChI=1S/C18H25N5O/c1-18(13-19)7-8-22(14-18)12-17(24)20-9-15-10-21-23(11-15)16-5-3-2-4-6-16/h2-6,10-11H,7-9,12-14,19H2,1H3,(H,20,24). The molecule has 0 bridgehead atoms. The number of nitrogens with zero attached hydrogens (tertiary/aromatic N) is 3. The number of amides is 1. The first kappa shape index (κ1) is 16.7. The number of benzene rings is 1. The summed E-state index contributed by atoms with van der Waals surface area (Å²) < 4.78 is 1.81. The topological polar surface area (TPSA) is 76.2 Å². The average molecular weight is 327 g/mol. The van der Waals surface area contributed by atoms with Crippen molar-refractivity contribution >= 4 is 5.91 Å². The first-order valence-corrected chi connectivity index (χ1v) is 8.36. The number of aromatic nitrogens is 2. The second-order valence-electron chi connectivity index (χ2n) is 6.88. The number of nitrogens with one attached hydrogen (secondary N) is 1. The van der Waals surface area contributed by atoms with Crippen LogP contribution in [0.2, 0.25) is 0 Å². The van der Waals surface area contributed by atoms with Gasteiger partial charge in [0.15, 0.2) is 0 Å². The monoisotopic (exact) mass is 327 g/mol. The number of rotatable bonds is 6. The van der Waals surface area contributed by atoms with E-state index in [9.17, 15) is 4.79 Å². The van der Waals surface area contributed by atoms with Gasteiger partial charge in [0.2, 0.25) is 5.91 Å². The van der Waals surface area contributed by atoms with Crippen molar-refractivity contribution in [2.24, 2.45) is 11.1 Å². The Bertz CT molecular complexity index is 684. The molecule has 2 aromatic rings. The van der Waals surface area contributed by atoms with E-state index >= 15 is 0 Å². The highest BCUT2D eigenvalue weighted by Crippen LogP contribution is 2.27. The van der Waals surface area contributed by atoms with Gasteiger partial charge in [-0.1, -0.05) is 25.1 Å². The van der Waals surface area contributed by atoms with E-state index in [0.29, 0.717) is 19.6 Å². The van der Waals surface area contributed by atoms with Gasteiger partial charge in [-0.15, -0.1) is 0 Å². The first-order chi connectivity index (χ1) is 11.6. The summed E-state index contributed by atoms with van der Waals surface area (Å²) >= 11 is 0. The minimum absolute atomic E-state index is 0.0451. The van der Waals surface area contributed by atoms with Crippen LogP contribution < -0.4 is 11.1 Å². The summed E-state index contributed by atoms with van der Waals surface area (Å²) in [5, 5.41) is 7.31. The highest BCUT2D eigenvalue weighted by Gasteiger charge is 2.32. The maximum Gasteiger partial charge on any atom is 0.234 e. The molecule has 1 aromatic heterocycles. The highest BCUT2D eigenvalue weighted by molar-refractivity contribution is 5.78. The Morgan fingerprint density at radius 3 is 2.88 bits per heavy atom. The lowest BCUT2D eigenvalue weighted by Crippen LogP contribution is -2.38. The first-order valence-electron chi connectivity index (χ1n) is 8.36. The molecule has 0 saturated carbocycles. The van der Waals surface area contributed by atoms with Crippen LogP contribution in [0.5, 0.6) is 0 Å². The van der Waals surface area contributed by atoms with Crippen molar-refractivity contribution in [3.8, 4) is 5.69 Å². The number of hydrogen-bond acceptors (Lipinski definition) is 4. The Balaban J connectivity index is 1.48. The number of nitrogens with two attached hydrogens (primary N) is 1. The fourth-order valence-electron chi connectivity index (χ4n) is 3.06. The van der Waals surface area contributed by atoms with Crippen molar-refractivity contribution in [3.05, 3.63) is 48.3 Å². The number of hydrogen-bond donors (Lipinski definition) is 2. The third-order valence-electron chi connectivity index (χ3n) is 4.64. The molecular weight excluding hydrogens is 302 g/mol. The van der Waals surface area contributed by atoms with Gasteiger partial charge in [-0.25, -0.2) is 4.68 Å². The van der Waals surface area contributed by atoms with E-state index < -0.39 is 0 Å². The molecule has 6 heteroatoms. The molecule has 0 spiro atoms. The molecule has 3 N–H and O–H groups in total. The van der Waals surface area contributed by atoms with Crippen molar-refractivity contribution in [3.63, 3.8) is 0 Å². The number of carbonyl (C=O) groups is 1. The normalized spacial score (nSPS) is 21.1. The van der Waals surface area contributed by atoms with E-state index in [1.165, 1.54) is 0 Å². The van der Waals surface area contributed by atoms with E-state index in [1.54, 1.807) is 6.20 Å². The van der Waals surface area contributed by atoms with E-state index in [4.69, 9.17) is 5.73 Å². The quantitative estimate of drug-likeness (QED) is 0.835. The Labute approximate surface area is 142 Å². The largest absolute Gasteiger partial charge is 0.351 e. The van der Waals surface area contributed by atoms with Crippen LogP contribution >= 0.6 is 0 Å². The van der Waals surface area contributed by atoms with E-state index in [2.05, 4.69) is 22.2 Å². The molecule has 2 heterocycles. The summed E-state index contributed by atoms with van der Waals surface area (Å²) in [4.78, 5) is 14.3. The van der Waals surface area contributed by atoms with Gasteiger partial charge in [-0.3, -0.25) is 9.69 Å². The summed E-state index contributed by atoms with van der Waals surface area (Å²) in [6.07, 6.45) is 4.78. The van der Waals surface area contributed by atoms with Crippen molar-refractivity contribution in [2.75, 3.05) is 26.2 Å². The minimum atomic E-state index is 0.0451. The van der Waals surface area contributed by atoms with E-state index in [1.807, 2.05) is 41.2 Å². The summed E-state index contributed by atoms with van der Waals surface area (Å²) in [5.41, 5.74) is 7.95. The zero-order valence-corrected chi connectivity index (χ0v) is 14.1. The molecule has 1 aromatic carbocycles. The zero-order valence-electron chi connectivity index (χ0n) is 14.1. The average Bonchev–Trinajstić information content (AvgIpc) is 3.21. The molecule has 1 unspecified atom stereocenters. The van der Waals surface area contributed by atoms with Gasteiger partial charge in [0.25, 0.3) is 0 Å². The molecule has 6 nitrogen and oxygen atoms in total. The number of para-hydroxylation sites is 1. The molecule has 1 aliphatic heterocycles. The molecule has 24 heavy (non-hydrogen) atoms. The molecule has 1 aliphatic rings. The lowest BCUT2D eigenvalue weighted by Gasteiger charge is -2.22. The van der Waals surface area contributed by atoms with Gasteiger partial charge in [0.1, 0.15) is 0 Å². The van der Waals surface area contributed by atoms with Gasteiger partial charge in [-0.2, -0.15) is 5.10 Å². The third-order valence-corrected chi connectivity index (χ3v) is 4.64. The maximum absolute atomic E-state index is 12.1. The predicted octanol–water partition coefficient (Wildman–Crippen LogP) is 1.16. The van der Waals surface area contributed by atoms with Crippen LogP contribution in [0.15, 0.2) is 42.7 Å². The fourth-order valence-corrected chi connectivity index (χ4v) is 3.06. The molecule has 128 valence electrons. The SMILES string of the molecule is CC1(CN)CCN(CC(=O)NCc2cnn(-c3ccccc3)c2)C1. The van der Waals surface area contributed by atoms with Gasteiger partial charge in [0.05, 0.1) is 18.4 Å². The van der Waals surface area contributed by atoms with Crippen LogP contribution in [-0.4, -0.2) is 46.8 Å². The predicted molar refractivity (Wildman–Crippen MR) is 93.6 cm³/mol. The number of carbonyl (C=O) groups excluding carboxylic acids is 1. The number of likely N-dealkylation sites (tertiary alicyclic amines) is 1. The van der Waals surface area contributed by atoms with Crippen LogP contribution in [0.25, 0.3) is 5.69 Å². The Hall–Kier alpha value is -2.18. The van der Waals surface area contributed by atoms with Crippen molar-refractivity contribution in [1.29, 1.82) is 0 Å². The zero-order chi connectivity index (χ0) is 17.0. The van der Waals surface area contributed by atoms with Crippen LogP contribution in [0.3, 0.4) is 0 Å². The smallest absolute Gasteiger partial charge is 0.234 e. The second kappa shape index (κ2) is 7.15. The maximum atomic E-state index is 12.1. The molecule has 1 atom stereocenters. The summed E-state index contributed by atoms with van der Waals surface area (Å²) in [5.74, 6) is 0.0451. The molecule has 1 saturated heterocycles. The van der Waals surface area contributed by atoms with Crippen LogP contribution in [0.1, 0.15) is 18.9 Å². The molecule has 1 amide bonds. The third kappa shape index (κ3) is 4.01. The fraction of sp³-hybridized carbons (Fsp3) is 0.444. The lowest BCUT2D eigenvalue weighted by molar-refractivity contribution is -0.122. The molecule has 0 radical (unpaired) electrons. The van der Waals surface area contributed by atoms with Crippen LogP contribution in [0.4, 0.5) is 0 Å². The minimum Gasteiger partial charge on any atom is -0.351 e. The lowest BCUT2D eigenvalue weighted by atomic mass is 9.90. The molecular formula is C18H25N5O. The molecule has 1 fully saturated rings. The summed E-state index contributed by atoms with van der Waals surface area (Å²) in [6, 6.07) is 9.92.